The van der Waals surface area contributed by atoms with Gasteiger partial charge in [-0.15, -0.1) is 0 Å². The summed E-state index contributed by atoms with van der Waals surface area (Å²) >= 11 is 0. The summed E-state index contributed by atoms with van der Waals surface area (Å²) in [4.78, 5) is 30.2. The molecule has 0 heterocycles. The molecule has 0 saturated heterocycles. The molecule has 82 valence electrons. The van der Waals surface area contributed by atoms with Crippen LogP contribution >= 0.6 is 0 Å². The van der Waals surface area contributed by atoms with Gasteiger partial charge in [0.2, 0.25) is 18.2 Å². The van der Waals surface area contributed by atoms with Gasteiger partial charge in [0.1, 0.15) is 0 Å². The Balaban J connectivity index is 0. The van der Waals surface area contributed by atoms with E-state index in [0.717, 1.165) is 25.0 Å². The largest absolute Gasteiger partial charge is 0.235 e. The van der Waals surface area contributed by atoms with Gasteiger partial charge in [-0.2, -0.15) is 0 Å². The fraction of sp³-hybridized carbons (Fsp3) is 0.667. The maximum Gasteiger partial charge on any atom is 0.235 e. The molecule has 1 aliphatic carbocycles. The average Bonchev–Trinajstić information content (AvgIpc) is 2.22. The fourth-order valence-electron chi connectivity index (χ4n) is 1.28. The van der Waals surface area contributed by atoms with Gasteiger partial charge in [-0.1, -0.05) is 19.3 Å². The van der Waals surface area contributed by atoms with Crippen LogP contribution in [0.2, 0.25) is 0 Å². The zero-order valence-electron chi connectivity index (χ0n) is 8.28. The molecule has 1 saturated carbocycles. The van der Waals surface area contributed by atoms with Gasteiger partial charge in [0.25, 0.3) is 0 Å². The number of rotatable bonds is 1. The minimum Gasteiger partial charge on any atom is -0.222 e. The molecule has 15 heavy (non-hydrogen) atoms. The summed E-state index contributed by atoms with van der Waals surface area (Å²) in [6, 6.07) is 0.302. The van der Waals surface area contributed by atoms with Crippen LogP contribution in [0, 0.1) is 10.8 Å². The van der Waals surface area contributed by atoms with Crippen LogP contribution in [0.25, 0.3) is 0 Å². The summed E-state index contributed by atoms with van der Waals surface area (Å²) in [7, 11) is 0. The average molecular weight is 211 g/mol. The van der Waals surface area contributed by atoms with Gasteiger partial charge >= 0.3 is 0 Å². The van der Waals surface area contributed by atoms with E-state index in [4.69, 9.17) is 20.4 Å². The lowest BCUT2D eigenvalue weighted by atomic mass is 9.96. The lowest BCUT2D eigenvalue weighted by Crippen LogP contribution is -2.08. The summed E-state index contributed by atoms with van der Waals surface area (Å²) in [5.41, 5.74) is 0. The normalized spacial score (nSPS) is 13.6. The van der Waals surface area contributed by atoms with Gasteiger partial charge in [-0.3, -0.25) is 0 Å². The van der Waals surface area contributed by atoms with Gasteiger partial charge in [-0.05, 0) is 12.8 Å². The molecular weight excluding hydrogens is 198 g/mol. The molecule has 1 fully saturated rings. The highest BCUT2D eigenvalue weighted by atomic mass is 16.1. The molecule has 0 spiro atoms. The maximum atomic E-state index is 9.78. The molecule has 0 aromatic heterocycles. The molecule has 6 heteroatoms. The van der Waals surface area contributed by atoms with Gasteiger partial charge in [0, 0.05) is 0 Å². The summed E-state index contributed by atoms with van der Waals surface area (Å²) in [5, 5.41) is 10.8. The Labute approximate surface area is 87.4 Å². The fourth-order valence-corrected chi connectivity index (χ4v) is 1.28. The van der Waals surface area contributed by atoms with E-state index in [1.54, 1.807) is 6.08 Å². The molecule has 1 aliphatic rings. The number of nitrogens with one attached hydrogen (secondary N) is 2. The number of carbonyl (C=O) groups excluding carboxylic acids is 3. The smallest absolute Gasteiger partial charge is 0.222 e. The first-order valence-corrected chi connectivity index (χ1v) is 4.41. The van der Waals surface area contributed by atoms with Crippen molar-refractivity contribution >= 4 is 18.2 Å². The molecule has 0 amide bonds. The Kier molecular flexibility index (Phi) is 15.2. The van der Waals surface area contributed by atoms with E-state index < -0.39 is 0 Å². The monoisotopic (exact) mass is 211 g/mol. The highest BCUT2D eigenvalue weighted by molar-refractivity contribution is 5.33. The van der Waals surface area contributed by atoms with Gasteiger partial charge in [0.15, 0.2) is 0 Å². The quantitative estimate of drug-likeness (QED) is 0.505. The van der Waals surface area contributed by atoms with Crippen LogP contribution in [0.3, 0.4) is 0 Å². The molecule has 0 atom stereocenters. The summed E-state index contributed by atoms with van der Waals surface area (Å²) in [5.74, 6) is 0. The van der Waals surface area contributed by atoms with Crippen molar-refractivity contribution < 1.29 is 14.4 Å². The standard InChI is InChI=1S/C7H11NO.2CHNO/c9-6-8-7-4-2-1-3-5-7;2*2-1-3/h7H,1-5H2;2*2H. The first kappa shape index (κ1) is 15.6. The number of isocyanates is 3. The maximum absolute atomic E-state index is 9.78. The number of hydrogen-bond acceptors (Lipinski definition) is 6. The van der Waals surface area contributed by atoms with E-state index in [1.807, 2.05) is 0 Å². The molecule has 0 unspecified atom stereocenters. The molecule has 6 nitrogen and oxygen atoms in total. The first-order valence-electron chi connectivity index (χ1n) is 4.41. The van der Waals surface area contributed by atoms with Crippen molar-refractivity contribution in [3.63, 3.8) is 0 Å². The van der Waals surface area contributed by atoms with Crippen molar-refractivity contribution in [2.45, 2.75) is 38.1 Å². The van der Waals surface area contributed by atoms with E-state index in [9.17, 15) is 4.79 Å². The third-order valence-corrected chi connectivity index (χ3v) is 1.81. The molecule has 0 aromatic carbocycles. The van der Waals surface area contributed by atoms with E-state index in [1.165, 1.54) is 19.3 Å². The Morgan fingerprint density at radius 2 is 1.33 bits per heavy atom. The van der Waals surface area contributed by atoms with E-state index >= 15 is 0 Å². The molecule has 0 bridgehead atoms. The van der Waals surface area contributed by atoms with E-state index in [-0.39, 0.29) is 0 Å². The lowest BCUT2D eigenvalue weighted by Gasteiger charge is -2.14. The highest BCUT2D eigenvalue weighted by Crippen LogP contribution is 2.19. The van der Waals surface area contributed by atoms with Crippen LogP contribution < -0.4 is 0 Å². The zero-order valence-corrected chi connectivity index (χ0v) is 8.28. The number of hydrogen-bond donors (Lipinski definition) is 2. The van der Waals surface area contributed by atoms with E-state index in [0.29, 0.717) is 6.04 Å². The van der Waals surface area contributed by atoms with Crippen molar-refractivity contribution in [2.75, 3.05) is 0 Å². The number of nitrogens with zero attached hydrogens (tertiary/aromatic N) is 1. The van der Waals surface area contributed by atoms with Crippen LogP contribution in [-0.2, 0) is 14.4 Å². The van der Waals surface area contributed by atoms with Crippen molar-refractivity contribution in [3.05, 3.63) is 0 Å². The lowest BCUT2D eigenvalue weighted by molar-refractivity contribution is 0.439. The van der Waals surface area contributed by atoms with Crippen LogP contribution in [-0.4, -0.2) is 24.3 Å². The Bertz CT molecular complexity index is 242. The molecule has 0 radical (unpaired) electrons. The summed E-state index contributed by atoms with van der Waals surface area (Å²) in [6.07, 6.45) is 9.07. The van der Waals surface area contributed by atoms with Crippen molar-refractivity contribution in [1.82, 2.24) is 0 Å². The Morgan fingerprint density at radius 1 is 0.933 bits per heavy atom. The predicted octanol–water partition coefficient (Wildman–Crippen LogP) is 1.46. The third-order valence-electron chi connectivity index (χ3n) is 1.81. The van der Waals surface area contributed by atoms with Crippen molar-refractivity contribution in [3.8, 4) is 0 Å². The topological polar surface area (TPSA) is 111 Å². The second-order valence-corrected chi connectivity index (χ2v) is 2.72. The minimum absolute atomic E-state index is 0.302. The second kappa shape index (κ2) is 14.7. The molecule has 1 rings (SSSR count). The van der Waals surface area contributed by atoms with Crippen LogP contribution in [0.4, 0.5) is 0 Å². The van der Waals surface area contributed by atoms with Crippen molar-refractivity contribution in [2.24, 2.45) is 4.99 Å². The SMILES string of the molecule is N=C=O.N=C=O.O=C=NC1CCCCC1. The summed E-state index contributed by atoms with van der Waals surface area (Å²) in [6.45, 7) is 0. The zero-order chi connectivity index (χ0) is 11.9. The van der Waals surface area contributed by atoms with Crippen LogP contribution in [0.5, 0.6) is 0 Å². The second-order valence-electron chi connectivity index (χ2n) is 2.72. The van der Waals surface area contributed by atoms with Crippen LogP contribution in [0.15, 0.2) is 4.99 Å². The molecule has 2 N–H and O–H groups in total. The van der Waals surface area contributed by atoms with Gasteiger partial charge in [-0.25, -0.2) is 30.2 Å². The molecule has 0 aliphatic heterocycles. The molecular formula is C9H13N3O3. The Morgan fingerprint density at radius 3 is 1.67 bits per heavy atom. The summed E-state index contributed by atoms with van der Waals surface area (Å²) < 4.78 is 0. The van der Waals surface area contributed by atoms with Crippen LogP contribution in [0.1, 0.15) is 32.1 Å². The van der Waals surface area contributed by atoms with Gasteiger partial charge in [0.05, 0.1) is 6.04 Å². The van der Waals surface area contributed by atoms with E-state index in [2.05, 4.69) is 4.99 Å². The minimum atomic E-state index is 0.302. The van der Waals surface area contributed by atoms with Gasteiger partial charge < -0.3 is 0 Å². The molecule has 0 aromatic rings. The predicted molar refractivity (Wildman–Crippen MR) is 51.8 cm³/mol. The Hall–Kier alpha value is -1.86. The number of aliphatic imine (C=N–C) groups is 1. The first-order chi connectivity index (χ1) is 7.26. The highest BCUT2D eigenvalue weighted by Gasteiger charge is 2.10. The third kappa shape index (κ3) is 14.9. The van der Waals surface area contributed by atoms with Crippen molar-refractivity contribution in [1.29, 1.82) is 10.8 Å².